The van der Waals surface area contributed by atoms with Crippen molar-refractivity contribution >= 4 is 5.97 Å². The molecule has 0 unspecified atom stereocenters. The maximum Gasteiger partial charge on any atom is 0.303 e. The van der Waals surface area contributed by atoms with E-state index >= 15 is 0 Å². The van der Waals surface area contributed by atoms with Gasteiger partial charge in [0.05, 0.1) is 6.61 Å². The van der Waals surface area contributed by atoms with Gasteiger partial charge >= 0.3 is 5.97 Å². The standard InChI is InChI=1S/C18H19FO3/c19-17-10-9-16(13-15(17)8-11-18(20)21)22-12-4-7-14-5-2-1-3-6-14/h1-3,5-6,9-10,13H,4,7-8,11-12H2,(H,20,21). The summed E-state index contributed by atoms with van der Waals surface area (Å²) in [5.41, 5.74) is 1.63. The number of rotatable bonds is 8. The molecule has 1 N–H and O–H groups in total. The molecule has 0 heterocycles. The van der Waals surface area contributed by atoms with E-state index < -0.39 is 11.8 Å². The summed E-state index contributed by atoms with van der Waals surface area (Å²) in [6, 6.07) is 14.6. The van der Waals surface area contributed by atoms with Gasteiger partial charge in [-0.1, -0.05) is 30.3 Å². The number of aliphatic carboxylic acids is 1. The molecule has 2 rings (SSSR count). The Labute approximate surface area is 129 Å². The summed E-state index contributed by atoms with van der Waals surface area (Å²) in [7, 11) is 0. The normalized spacial score (nSPS) is 10.4. The molecule has 0 fully saturated rings. The second-order valence-corrected chi connectivity index (χ2v) is 5.08. The van der Waals surface area contributed by atoms with Gasteiger partial charge in [0.25, 0.3) is 0 Å². The van der Waals surface area contributed by atoms with Crippen LogP contribution in [0.15, 0.2) is 48.5 Å². The summed E-state index contributed by atoms with van der Waals surface area (Å²) in [6.45, 7) is 0.541. The molecule has 0 aliphatic heterocycles. The van der Waals surface area contributed by atoms with Gasteiger partial charge in [-0.3, -0.25) is 4.79 Å². The van der Waals surface area contributed by atoms with Gasteiger partial charge in [-0.25, -0.2) is 4.39 Å². The Bertz CT molecular complexity index is 611. The molecule has 2 aromatic rings. The van der Waals surface area contributed by atoms with E-state index in [0.29, 0.717) is 17.9 Å². The molecule has 0 aliphatic rings. The predicted octanol–water partition coefficient (Wildman–Crippen LogP) is 3.85. The zero-order valence-electron chi connectivity index (χ0n) is 12.3. The van der Waals surface area contributed by atoms with Gasteiger partial charge in [0.15, 0.2) is 0 Å². The lowest BCUT2D eigenvalue weighted by molar-refractivity contribution is -0.136. The van der Waals surface area contributed by atoms with E-state index in [1.54, 1.807) is 12.1 Å². The minimum atomic E-state index is -0.936. The molecule has 0 atom stereocenters. The van der Waals surface area contributed by atoms with Gasteiger partial charge in [0, 0.05) is 6.42 Å². The molecule has 0 bridgehead atoms. The van der Waals surface area contributed by atoms with Crippen molar-refractivity contribution in [3.8, 4) is 5.75 Å². The molecule has 0 radical (unpaired) electrons. The largest absolute Gasteiger partial charge is 0.494 e. The highest BCUT2D eigenvalue weighted by Crippen LogP contribution is 2.18. The molecule has 0 aromatic heterocycles. The number of ether oxygens (including phenoxy) is 1. The number of carbonyl (C=O) groups is 1. The first-order valence-corrected chi connectivity index (χ1v) is 7.32. The summed E-state index contributed by atoms with van der Waals surface area (Å²) >= 11 is 0. The van der Waals surface area contributed by atoms with Crippen LogP contribution in [0.4, 0.5) is 4.39 Å². The van der Waals surface area contributed by atoms with Gasteiger partial charge < -0.3 is 9.84 Å². The lowest BCUT2D eigenvalue weighted by Crippen LogP contribution is -2.02. The van der Waals surface area contributed by atoms with E-state index in [9.17, 15) is 9.18 Å². The molecular weight excluding hydrogens is 283 g/mol. The number of carboxylic acid groups (broad SMARTS) is 1. The third-order valence-corrected chi connectivity index (χ3v) is 3.35. The van der Waals surface area contributed by atoms with Crippen LogP contribution < -0.4 is 4.74 Å². The van der Waals surface area contributed by atoms with Crippen LogP contribution in [0.2, 0.25) is 0 Å². The van der Waals surface area contributed by atoms with Crippen molar-refractivity contribution in [2.75, 3.05) is 6.61 Å². The van der Waals surface area contributed by atoms with Crippen LogP contribution in [0.3, 0.4) is 0 Å². The highest BCUT2D eigenvalue weighted by molar-refractivity contribution is 5.67. The van der Waals surface area contributed by atoms with E-state index in [1.807, 2.05) is 18.2 Å². The van der Waals surface area contributed by atoms with Crippen molar-refractivity contribution in [2.24, 2.45) is 0 Å². The molecule has 2 aromatic carbocycles. The Hall–Kier alpha value is -2.36. The third-order valence-electron chi connectivity index (χ3n) is 3.35. The zero-order chi connectivity index (χ0) is 15.8. The molecule has 0 amide bonds. The Morgan fingerprint density at radius 1 is 1.09 bits per heavy atom. The van der Waals surface area contributed by atoms with Crippen LogP contribution in [0.5, 0.6) is 5.75 Å². The van der Waals surface area contributed by atoms with Crippen molar-refractivity contribution in [1.82, 2.24) is 0 Å². The number of hydrogen-bond acceptors (Lipinski definition) is 2. The van der Waals surface area contributed by atoms with Crippen molar-refractivity contribution in [3.63, 3.8) is 0 Å². The predicted molar refractivity (Wildman–Crippen MR) is 82.6 cm³/mol. The van der Waals surface area contributed by atoms with E-state index in [1.165, 1.54) is 11.6 Å². The van der Waals surface area contributed by atoms with Gasteiger partial charge in [-0.05, 0) is 48.6 Å². The van der Waals surface area contributed by atoms with Crippen LogP contribution in [0.1, 0.15) is 24.0 Å². The third kappa shape index (κ3) is 5.20. The molecular formula is C18H19FO3. The van der Waals surface area contributed by atoms with E-state index in [2.05, 4.69) is 12.1 Å². The number of halogens is 1. The molecule has 116 valence electrons. The van der Waals surface area contributed by atoms with Crippen LogP contribution in [0.25, 0.3) is 0 Å². The fraction of sp³-hybridized carbons (Fsp3) is 0.278. The minimum absolute atomic E-state index is 0.0889. The first kappa shape index (κ1) is 16.0. The SMILES string of the molecule is O=C(O)CCc1cc(OCCCc2ccccc2)ccc1F. The molecule has 22 heavy (non-hydrogen) atoms. The molecule has 0 aliphatic carbocycles. The fourth-order valence-electron chi connectivity index (χ4n) is 2.19. The Kier molecular flexibility index (Phi) is 5.95. The van der Waals surface area contributed by atoms with E-state index in [4.69, 9.17) is 9.84 Å². The molecule has 3 nitrogen and oxygen atoms in total. The van der Waals surface area contributed by atoms with Crippen molar-refractivity contribution < 1.29 is 19.0 Å². The second kappa shape index (κ2) is 8.17. The first-order chi connectivity index (χ1) is 10.6. The maximum atomic E-state index is 13.6. The van der Waals surface area contributed by atoms with E-state index in [-0.39, 0.29) is 12.8 Å². The van der Waals surface area contributed by atoms with Crippen LogP contribution >= 0.6 is 0 Å². The average molecular weight is 302 g/mol. The van der Waals surface area contributed by atoms with Crippen LogP contribution in [-0.2, 0) is 17.6 Å². The Balaban J connectivity index is 1.82. The fourth-order valence-corrected chi connectivity index (χ4v) is 2.19. The molecule has 4 heteroatoms. The lowest BCUT2D eigenvalue weighted by atomic mass is 10.1. The summed E-state index contributed by atoms with van der Waals surface area (Å²) in [5.74, 6) is -0.749. The summed E-state index contributed by atoms with van der Waals surface area (Å²) in [5, 5.41) is 8.66. The molecule has 0 saturated heterocycles. The highest BCUT2D eigenvalue weighted by atomic mass is 19.1. The summed E-state index contributed by atoms with van der Waals surface area (Å²) in [6.07, 6.45) is 1.87. The molecule has 0 saturated carbocycles. The zero-order valence-corrected chi connectivity index (χ0v) is 12.3. The average Bonchev–Trinajstić information content (AvgIpc) is 2.52. The topological polar surface area (TPSA) is 46.5 Å². The quantitative estimate of drug-likeness (QED) is 0.753. The van der Waals surface area contributed by atoms with Crippen molar-refractivity contribution in [2.45, 2.75) is 25.7 Å². The number of benzene rings is 2. The minimum Gasteiger partial charge on any atom is -0.494 e. The number of carboxylic acids is 1. The molecule has 0 spiro atoms. The summed E-state index contributed by atoms with van der Waals surface area (Å²) < 4.78 is 19.2. The van der Waals surface area contributed by atoms with Crippen molar-refractivity contribution in [3.05, 3.63) is 65.5 Å². The number of hydrogen-bond donors (Lipinski definition) is 1. The van der Waals surface area contributed by atoms with Gasteiger partial charge in [0.2, 0.25) is 0 Å². The van der Waals surface area contributed by atoms with Gasteiger partial charge in [-0.2, -0.15) is 0 Å². The maximum absolute atomic E-state index is 13.6. The Morgan fingerprint density at radius 3 is 2.59 bits per heavy atom. The highest BCUT2D eigenvalue weighted by Gasteiger charge is 2.07. The first-order valence-electron chi connectivity index (χ1n) is 7.32. The number of aryl methyl sites for hydroxylation is 2. The lowest BCUT2D eigenvalue weighted by Gasteiger charge is -2.09. The van der Waals surface area contributed by atoms with Crippen molar-refractivity contribution in [1.29, 1.82) is 0 Å². The van der Waals surface area contributed by atoms with Gasteiger partial charge in [-0.15, -0.1) is 0 Å². The van der Waals surface area contributed by atoms with E-state index in [0.717, 1.165) is 12.8 Å². The Morgan fingerprint density at radius 2 is 1.86 bits per heavy atom. The second-order valence-electron chi connectivity index (χ2n) is 5.08. The van der Waals surface area contributed by atoms with Gasteiger partial charge in [0.1, 0.15) is 11.6 Å². The summed E-state index contributed by atoms with van der Waals surface area (Å²) in [4.78, 5) is 10.6. The monoisotopic (exact) mass is 302 g/mol. The smallest absolute Gasteiger partial charge is 0.303 e. The van der Waals surface area contributed by atoms with Crippen LogP contribution in [0, 0.1) is 5.82 Å². The van der Waals surface area contributed by atoms with Crippen LogP contribution in [-0.4, -0.2) is 17.7 Å².